The van der Waals surface area contributed by atoms with E-state index in [4.69, 9.17) is 5.73 Å². The zero-order valence-electron chi connectivity index (χ0n) is 11.5. The Kier molecular flexibility index (Phi) is 7.38. The van der Waals surface area contributed by atoms with E-state index in [1.807, 2.05) is 24.3 Å². The minimum absolute atomic E-state index is 0.0538. The molecule has 0 aliphatic rings. The molecule has 0 spiro atoms. The normalized spacial score (nSPS) is 9.58. The van der Waals surface area contributed by atoms with Gasteiger partial charge in [0.2, 0.25) is 5.91 Å². The SMILES string of the molecule is CCCCCCC(=O)Nc1ccccc1C#CCN. The highest BCUT2D eigenvalue weighted by Gasteiger charge is 2.04. The van der Waals surface area contributed by atoms with Crippen LogP contribution in [0.5, 0.6) is 0 Å². The zero-order chi connectivity index (χ0) is 13.9. The van der Waals surface area contributed by atoms with E-state index in [0.717, 1.165) is 24.1 Å². The molecule has 3 N–H and O–H groups in total. The first-order chi connectivity index (χ1) is 9.27. The smallest absolute Gasteiger partial charge is 0.224 e. The van der Waals surface area contributed by atoms with Crippen molar-refractivity contribution in [3.8, 4) is 11.8 Å². The number of anilines is 1. The number of amides is 1. The van der Waals surface area contributed by atoms with E-state index in [9.17, 15) is 4.79 Å². The number of carbonyl (C=O) groups excluding carboxylic acids is 1. The van der Waals surface area contributed by atoms with Gasteiger partial charge >= 0.3 is 0 Å². The van der Waals surface area contributed by atoms with Crippen molar-refractivity contribution in [3.63, 3.8) is 0 Å². The third-order valence-electron chi connectivity index (χ3n) is 2.78. The maximum absolute atomic E-state index is 11.8. The zero-order valence-corrected chi connectivity index (χ0v) is 11.5. The van der Waals surface area contributed by atoms with Crippen molar-refractivity contribution in [2.24, 2.45) is 5.73 Å². The predicted octanol–water partition coefficient (Wildman–Crippen LogP) is 2.91. The van der Waals surface area contributed by atoms with Crippen molar-refractivity contribution in [2.45, 2.75) is 39.0 Å². The van der Waals surface area contributed by atoms with Crippen LogP contribution >= 0.6 is 0 Å². The van der Waals surface area contributed by atoms with Crippen LogP contribution in [0.3, 0.4) is 0 Å². The fraction of sp³-hybridized carbons (Fsp3) is 0.438. The molecule has 0 aromatic heterocycles. The summed E-state index contributed by atoms with van der Waals surface area (Å²) in [5, 5.41) is 2.91. The predicted molar refractivity (Wildman–Crippen MR) is 79.8 cm³/mol. The summed E-state index contributed by atoms with van der Waals surface area (Å²) >= 11 is 0. The van der Waals surface area contributed by atoms with Crippen molar-refractivity contribution < 1.29 is 4.79 Å². The third kappa shape index (κ3) is 6.08. The molecule has 0 fully saturated rings. The average molecular weight is 258 g/mol. The van der Waals surface area contributed by atoms with Crippen LogP contribution in [0.4, 0.5) is 5.69 Å². The van der Waals surface area contributed by atoms with Gasteiger partial charge in [-0.15, -0.1) is 0 Å². The molecule has 102 valence electrons. The van der Waals surface area contributed by atoms with Gasteiger partial charge in [0.15, 0.2) is 0 Å². The molecular formula is C16H22N2O. The van der Waals surface area contributed by atoms with Gasteiger partial charge in [-0.05, 0) is 18.6 Å². The maximum Gasteiger partial charge on any atom is 0.224 e. The van der Waals surface area contributed by atoms with Gasteiger partial charge in [-0.3, -0.25) is 4.79 Å². The number of benzene rings is 1. The fourth-order valence-electron chi connectivity index (χ4n) is 1.77. The van der Waals surface area contributed by atoms with Crippen molar-refractivity contribution in [1.29, 1.82) is 0 Å². The summed E-state index contributed by atoms with van der Waals surface area (Å²) in [5.74, 6) is 5.82. The largest absolute Gasteiger partial charge is 0.325 e. The lowest BCUT2D eigenvalue weighted by Gasteiger charge is -2.07. The lowest BCUT2D eigenvalue weighted by atomic mass is 10.1. The fourth-order valence-corrected chi connectivity index (χ4v) is 1.77. The first kappa shape index (κ1) is 15.3. The molecular weight excluding hydrogens is 236 g/mol. The summed E-state index contributed by atoms with van der Waals surface area (Å²) in [6.07, 6.45) is 4.98. The molecule has 3 nitrogen and oxygen atoms in total. The number of nitrogens with two attached hydrogens (primary N) is 1. The van der Waals surface area contributed by atoms with Gasteiger partial charge in [0.05, 0.1) is 12.2 Å². The summed E-state index contributed by atoms with van der Waals surface area (Å²) in [4.78, 5) is 11.8. The Bertz CT molecular complexity index is 457. The van der Waals surface area contributed by atoms with Crippen LogP contribution in [0.2, 0.25) is 0 Å². The third-order valence-corrected chi connectivity index (χ3v) is 2.78. The molecule has 0 saturated heterocycles. The van der Waals surface area contributed by atoms with Gasteiger partial charge in [-0.2, -0.15) is 0 Å². The Morgan fingerprint density at radius 3 is 2.79 bits per heavy atom. The molecule has 1 aromatic rings. The average Bonchev–Trinajstić information content (AvgIpc) is 2.43. The molecule has 0 aliphatic carbocycles. The Labute approximate surface area is 115 Å². The number of para-hydroxylation sites is 1. The molecule has 0 atom stereocenters. The second kappa shape index (κ2) is 9.18. The van der Waals surface area contributed by atoms with Gasteiger partial charge in [-0.1, -0.05) is 50.2 Å². The minimum Gasteiger partial charge on any atom is -0.325 e. The van der Waals surface area contributed by atoms with Gasteiger partial charge in [0.1, 0.15) is 0 Å². The van der Waals surface area contributed by atoms with Crippen LogP contribution in [0.25, 0.3) is 0 Å². The van der Waals surface area contributed by atoms with Crippen LogP contribution in [-0.4, -0.2) is 12.5 Å². The topological polar surface area (TPSA) is 55.1 Å². The lowest BCUT2D eigenvalue weighted by Crippen LogP contribution is -2.12. The molecule has 1 aromatic carbocycles. The van der Waals surface area contributed by atoms with Gasteiger partial charge in [0.25, 0.3) is 0 Å². The molecule has 0 heterocycles. The van der Waals surface area contributed by atoms with Crippen LogP contribution < -0.4 is 11.1 Å². The van der Waals surface area contributed by atoms with E-state index < -0.39 is 0 Å². The first-order valence-electron chi connectivity index (χ1n) is 6.85. The summed E-state index contributed by atoms with van der Waals surface area (Å²) < 4.78 is 0. The highest BCUT2D eigenvalue weighted by molar-refractivity contribution is 5.92. The van der Waals surface area contributed by atoms with Crippen LogP contribution in [0, 0.1) is 11.8 Å². The van der Waals surface area contributed by atoms with Gasteiger partial charge in [-0.25, -0.2) is 0 Å². The second-order valence-corrected chi connectivity index (χ2v) is 4.41. The van der Waals surface area contributed by atoms with Gasteiger partial charge < -0.3 is 11.1 Å². The van der Waals surface area contributed by atoms with Crippen molar-refractivity contribution in [1.82, 2.24) is 0 Å². The van der Waals surface area contributed by atoms with Crippen molar-refractivity contribution in [3.05, 3.63) is 29.8 Å². The molecule has 0 unspecified atom stereocenters. The van der Waals surface area contributed by atoms with Crippen molar-refractivity contribution in [2.75, 3.05) is 11.9 Å². The number of unbranched alkanes of at least 4 members (excludes halogenated alkanes) is 3. The van der Waals surface area contributed by atoms with Crippen LogP contribution in [-0.2, 0) is 4.79 Å². The summed E-state index contributed by atoms with van der Waals surface area (Å²) in [6.45, 7) is 2.48. The maximum atomic E-state index is 11.8. The van der Waals surface area contributed by atoms with Crippen LogP contribution in [0.1, 0.15) is 44.6 Å². The minimum atomic E-state index is 0.0538. The monoisotopic (exact) mass is 258 g/mol. The van der Waals surface area contributed by atoms with E-state index in [-0.39, 0.29) is 5.91 Å². The molecule has 0 radical (unpaired) electrons. The Morgan fingerprint density at radius 2 is 2.05 bits per heavy atom. The lowest BCUT2D eigenvalue weighted by molar-refractivity contribution is -0.116. The Morgan fingerprint density at radius 1 is 1.26 bits per heavy atom. The molecule has 0 saturated carbocycles. The van der Waals surface area contributed by atoms with E-state index in [0.29, 0.717) is 13.0 Å². The van der Waals surface area contributed by atoms with Gasteiger partial charge in [0, 0.05) is 12.0 Å². The van der Waals surface area contributed by atoms with E-state index in [1.165, 1.54) is 12.8 Å². The molecule has 19 heavy (non-hydrogen) atoms. The number of hydrogen-bond acceptors (Lipinski definition) is 2. The second-order valence-electron chi connectivity index (χ2n) is 4.41. The number of hydrogen-bond donors (Lipinski definition) is 2. The summed E-state index contributed by atoms with van der Waals surface area (Å²) in [7, 11) is 0. The van der Waals surface area contributed by atoms with Crippen LogP contribution in [0.15, 0.2) is 24.3 Å². The molecule has 0 bridgehead atoms. The molecule has 1 rings (SSSR count). The van der Waals surface area contributed by atoms with Crippen molar-refractivity contribution >= 4 is 11.6 Å². The Hall–Kier alpha value is -1.79. The number of nitrogens with one attached hydrogen (secondary N) is 1. The van der Waals surface area contributed by atoms with E-state index in [1.54, 1.807) is 0 Å². The highest BCUT2D eigenvalue weighted by Crippen LogP contribution is 2.14. The quantitative estimate of drug-likeness (QED) is 0.609. The first-order valence-corrected chi connectivity index (χ1v) is 6.85. The highest BCUT2D eigenvalue weighted by atomic mass is 16.1. The molecule has 0 aliphatic heterocycles. The number of rotatable bonds is 6. The Balaban J connectivity index is 2.54. The van der Waals surface area contributed by atoms with E-state index >= 15 is 0 Å². The summed E-state index contributed by atoms with van der Waals surface area (Å²) in [6, 6.07) is 7.54. The molecule has 3 heteroatoms. The standard InChI is InChI=1S/C16H22N2O/c1-2-3-4-5-12-16(19)18-15-11-7-6-9-14(15)10-8-13-17/h6-7,9,11H,2-5,12-13,17H2,1H3,(H,18,19). The molecule has 1 amide bonds. The van der Waals surface area contributed by atoms with E-state index in [2.05, 4.69) is 24.1 Å². The number of carbonyl (C=O) groups is 1. The summed E-state index contributed by atoms with van der Waals surface area (Å²) in [5.41, 5.74) is 6.94.